The van der Waals surface area contributed by atoms with Gasteiger partial charge >= 0.3 is 0 Å². The summed E-state index contributed by atoms with van der Waals surface area (Å²) in [5.74, 6) is 0.699. The highest BCUT2D eigenvalue weighted by Crippen LogP contribution is 2.09. The van der Waals surface area contributed by atoms with Crippen molar-refractivity contribution in [2.45, 2.75) is 6.92 Å². The molecule has 1 N–H and O–H groups in total. The molecule has 0 aliphatic heterocycles. The number of ketones is 1. The molecule has 0 spiro atoms. The highest BCUT2D eigenvalue weighted by Gasteiger charge is 1.98. The number of benzene rings is 1. The van der Waals surface area contributed by atoms with Crippen molar-refractivity contribution in [3.63, 3.8) is 0 Å². The third kappa shape index (κ3) is 4.25. The molecular formula is C11H15NO2S. The molecule has 1 aromatic rings. The minimum Gasteiger partial charge on any atom is -0.384 e. The van der Waals surface area contributed by atoms with E-state index in [0.29, 0.717) is 17.9 Å². The molecule has 1 atom stereocenters. The summed E-state index contributed by atoms with van der Waals surface area (Å²) in [6, 6.07) is 7.28. The van der Waals surface area contributed by atoms with Crippen LogP contribution in [0.15, 0.2) is 24.3 Å². The molecule has 0 bridgehead atoms. The van der Waals surface area contributed by atoms with Gasteiger partial charge in [-0.3, -0.25) is 9.00 Å². The fourth-order valence-corrected chi connectivity index (χ4v) is 1.55. The van der Waals surface area contributed by atoms with Gasteiger partial charge in [-0.2, -0.15) is 0 Å². The molecule has 1 rings (SSSR count). The first-order valence-electron chi connectivity index (χ1n) is 4.74. The van der Waals surface area contributed by atoms with Gasteiger partial charge in [0, 0.05) is 40.6 Å². The highest BCUT2D eigenvalue weighted by molar-refractivity contribution is 7.84. The van der Waals surface area contributed by atoms with Crippen LogP contribution in [0.4, 0.5) is 5.69 Å². The smallest absolute Gasteiger partial charge is 0.159 e. The molecule has 0 heterocycles. The molecule has 0 amide bonds. The number of carbonyl (C=O) groups is 1. The molecule has 0 radical (unpaired) electrons. The molecular weight excluding hydrogens is 210 g/mol. The quantitative estimate of drug-likeness (QED) is 0.775. The predicted molar refractivity (Wildman–Crippen MR) is 63.9 cm³/mol. The maximum atomic E-state index is 11.0. The van der Waals surface area contributed by atoms with Gasteiger partial charge in [0.2, 0.25) is 0 Å². The monoisotopic (exact) mass is 225 g/mol. The molecule has 0 aromatic heterocycles. The maximum absolute atomic E-state index is 11.0. The normalized spacial score (nSPS) is 12.1. The van der Waals surface area contributed by atoms with Crippen LogP contribution in [0.2, 0.25) is 0 Å². The minimum atomic E-state index is -0.768. The average Bonchev–Trinajstić information content (AvgIpc) is 2.18. The maximum Gasteiger partial charge on any atom is 0.159 e. The Morgan fingerprint density at radius 2 is 1.93 bits per heavy atom. The zero-order chi connectivity index (χ0) is 11.3. The lowest BCUT2D eigenvalue weighted by atomic mass is 10.1. The van der Waals surface area contributed by atoms with Crippen LogP contribution in [0.25, 0.3) is 0 Å². The summed E-state index contributed by atoms with van der Waals surface area (Å²) < 4.78 is 10.8. The summed E-state index contributed by atoms with van der Waals surface area (Å²) in [5.41, 5.74) is 1.66. The van der Waals surface area contributed by atoms with Crippen molar-refractivity contribution in [2.24, 2.45) is 0 Å². The first-order chi connectivity index (χ1) is 7.09. The van der Waals surface area contributed by atoms with Crippen LogP contribution in [0.3, 0.4) is 0 Å². The largest absolute Gasteiger partial charge is 0.384 e. The molecule has 82 valence electrons. The van der Waals surface area contributed by atoms with Crippen LogP contribution < -0.4 is 5.32 Å². The van der Waals surface area contributed by atoms with Gasteiger partial charge < -0.3 is 5.32 Å². The number of hydrogen-bond acceptors (Lipinski definition) is 3. The van der Waals surface area contributed by atoms with Crippen LogP contribution in [-0.2, 0) is 10.8 Å². The van der Waals surface area contributed by atoms with E-state index in [4.69, 9.17) is 0 Å². The Hall–Kier alpha value is -1.16. The first-order valence-corrected chi connectivity index (χ1v) is 6.47. The van der Waals surface area contributed by atoms with Crippen LogP contribution in [-0.4, -0.2) is 28.5 Å². The Kier molecular flexibility index (Phi) is 4.49. The first kappa shape index (κ1) is 11.9. The molecule has 0 saturated carbocycles. The van der Waals surface area contributed by atoms with E-state index < -0.39 is 10.8 Å². The highest BCUT2D eigenvalue weighted by atomic mass is 32.2. The molecule has 0 aliphatic rings. The van der Waals surface area contributed by atoms with Crippen molar-refractivity contribution >= 4 is 22.3 Å². The summed E-state index contributed by atoms with van der Waals surface area (Å²) in [5, 5.41) is 3.14. The van der Waals surface area contributed by atoms with E-state index in [2.05, 4.69) is 5.32 Å². The Morgan fingerprint density at radius 1 is 1.33 bits per heavy atom. The van der Waals surface area contributed by atoms with E-state index in [1.807, 2.05) is 12.1 Å². The molecule has 3 nitrogen and oxygen atoms in total. The number of anilines is 1. The SMILES string of the molecule is CC(=O)c1ccc(NCCS(C)=O)cc1. The van der Waals surface area contributed by atoms with E-state index in [9.17, 15) is 9.00 Å². The minimum absolute atomic E-state index is 0.0659. The summed E-state index contributed by atoms with van der Waals surface area (Å²) >= 11 is 0. The fraction of sp³-hybridized carbons (Fsp3) is 0.364. The van der Waals surface area contributed by atoms with Crippen LogP contribution in [0.5, 0.6) is 0 Å². The molecule has 0 aliphatic carbocycles. The van der Waals surface area contributed by atoms with E-state index in [1.165, 1.54) is 0 Å². The predicted octanol–water partition coefficient (Wildman–Crippen LogP) is 1.68. The molecule has 1 unspecified atom stereocenters. The second-order valence-corrected chi connectivity index (χ2v) is 4.89. The van der Waals surface area contributed by atoms with E-state index >= 15 is 0 Å². The molecule has 4 heteroatoms. The molecule has 15 heavy (non-hydrogen) atoms. The summed E-state index contributed by atoms with van der Waals surface area (Å²) in [4.78, 5) is 11.0. The van der Waals surface area contributed by atoms with Gasteiger partial charge in [-0.1, -0.05) is 0 Å². The van der Waals surface area contributed by atoms with Crippen LogP contribution in [0, 0.1) is 0 Å². The second kappa shape index (κ2) is 5.66. The number of hydrogen-bond donors (Lipinski definition) is 1. The van der Waals surface area contributed by atoms with Crippen LogP contribution >= 0.6 is 0 Å². The lowest BCUT2D eigenvalue weighted by Gasteiger charge is -2.05. The third-order valence-corrected chi connectivity index (χ3v) is 2.79. The van der Waals surface area contributed by atoms with Gasteiger partial charge in [0.05, 0.1) is 0 Å². The van der Waals surface area contributed by atoms with Crippen molar-refractivity contribution in [2.75, 3.05) is 23.9 Å². The van der Waals surface area contributed by atoms with Gasteiger partial charge in [-0.25, -0.2) is 0 Å². The van der Waals surface area contributed by atoms with Gasteiger partial charge in [-0.05, 0) is 31.2 Å². The Balaban J connectivity index is 2.50. The third-order valence-electron chi connectivity index (χ3n) is 2.01. The summed E-state index contributed by atoms with van der Waals surface area (Å²) in [6.45, 7) is 2.23. The summed E-state index contributed by atoms with van der Waals surface area (Å²) in [7, 11) is -0.768. The van der Waals surface area contributed by atoms with Crippen molar-refractivity contribution < 1.29 is 9.00 Å². The number of rotatable bonds is 5. The Bertz CT molecular complexity index is 359. The number of nitrogens with one attached hydrogen (secondary N) is 1. The van der Waals surface area contributed by atoms with Gasteiger partial charge in [0.1, 0.15) is 0 Å². The van der Waals surface area contributed by atoms with Gasteiger partial charge in [-0.15, -0.1) is 0 Å². The number of Topliss-reactive ketones (excluding diaryl/α,β-unsaturated/α-hetero) is 1. The summed E-state index contributed by atoms with van der Waals surface area (Å²) in [6.07, 6.45) is 1.68. The van der Waals surface area contributed by atoms with Crippen molar-refractivity contribution in [3.05, 3.63) is 29.8 Å². The standard InChI is InChI=1S/C11H15NO2S/c1-9(13)10-3-5-11(6-4-10)12-7-8-15(2)14/h3-6,12H,7-8H2,1-2H3. The number of carbonyl (C=O) groups excluding carboxylic acids is 1. The van der Waals surface area contributed by atoms with E-state index in [0.717, 1.165) is 5.69 Å². The average molecular weight is 225 g/mol. The van der Waals surface area contributed by atoms with Crippen molar-refractivity contribution in [1.82, 2.24) is 0 Å². The molecule has 1 aromatic carbocycles. The Labute approximate surface area is 92.3 Å². The fourth-order valence-electron chi connectivity index (χ4n) is 1.16. The zero-order valence-corrected chi connectivity index (χ0v) is 9.76. The Morgan fingerprint density at radius 3 is 2.40 bits per heavy atom. The van der Waals surface area contributed by atoms with Crippen molar-refractivity contribution in [3.8, 4) is 0 Å². The van der Waals surface area contributed by atoms with E-state index in [-0.39, 0.29) is 5.78 Å². The van der Waals surface area contributed by atoms with Crippen molar-refractivity contribution in [1.29, 1.82) is 0 Å². The topological polar surface area (TPSA) is 46.2 Å². The lowest BCUT2D eigenvalue weighted by molar-refractivity contribution is 0.101. The second-order valence-electron chi connectivity index (χ2n) is 3.34. The molecule has 0 saturated heterocycles. The van der Waals surface area contributed by atoms with Crippen LogP contribution in [0.1, 0.15) is 17.3 Å². The van der Waals surface area contributed by atoms with Gasteiger partial charge in [0.15, 0.2) is 5.78 Å². The van der Waals surface area contributed by atoms with E-state index in [1.54, 1.807) is 25.3 Å². The lowest BCUT2D eigenvalue weighted by Crippen LogP contribution is -2.09. The zero-order valence-electron chi connectivity index (χ0n) is 8.95. The molecule has 0 fully saturated rings. The van der Waals surface area contributed by atoms with Gasteiger partial charge in [0.25, 0.3) is 0 Å².